The quantitative estimate of drug-likeness (QED) is 0.740. The third-order valence-electron chi connectivity index (χ3n) is 3.82. The van der Waals surface area contributed by atoms with Crippen molar-refractivity contribution in [3.8, 4) is 0 Å². The van der Waals surface area contributed by atoms with E-state index in [4.69, 9.17) is 11.6 Å². The van der Waals surface area contributed by atoms with Gasteiger partial charge < -0.3 is 4.90 Å². The van der Waals surface area contributed by atoms with E-state index in [1.807, 2.05) is 24.3 Å². The molecule has 0 aromatic heterocycles. The molecular weight excluding hydrogens is 290 g/mol. The number of amides is 1. The molecule has 1 aromatic carbocycles. The topological polar surface area (TPSA) is 20.3 Å². The number of thioether (sulfide) groups is 1. The molecule has 2 rings (SSSR count). The van der Waals surface area contributed by atoms with Crippen LogP contribution in [0.15, 0.2) is 29.2 Å². The van der Waals surface area contributed by atoms with Crippen LogP contribution in [0.3, 0.4) is 0 Å². The highest BCUT2D eigenvalue weighted by Crippen LogP contribution is 2.23. The Labute approximate surface area is 130 Å². The smallest absolute Gasteiger partial charge is 0.223 e. The summed E-state index contributed by atoms with van der Waals surface area (Å²) in [5.74, 6) is 1.16. The van der Waals surface area contributed by atoms with E-state index < -0.39 is 0 Å². The molecule has 1 atom stereocenters. The maximum absolute atomic E-state index is 12.3. The van der Waals surface area contributed by atoms with Crippen molar-refractivity contribution in [2.45, 2.75) is 50.0 Å². The predicted octanol–water partition coefficient (Wildman–Crippen LogP) is 4.61. The first-order chi connectivity index (χ1) is 9.70. The third-order valence-corrected chi connectivity index (χ3v) is 5.08. The number of piperidine rings is 1. The largest absolute Gasteiger partial charge is 0.340 e. The number of carbonyl (C=O) groups excluding carboxylic acids is 1. The van der Waals surface area contributed by atoms with Crippen LogP contribution >= 0.6 is 23.4 Å². The van der Waals surface area contributed by atoms with Crippen molar-refractivity contribution in [2.24, 2.45) is 0 Å². The first kappa shape index (κ1) is 15.7. The summed E-state index contributed by atoms with van der Waals surface area (Å²) < 4.78 is 0. The van der Waals surface area contributed by atoms with Crippen molar-refractivity contribution in [2.75, 3.05) is 12.3 Å². The van der Waals surface area contributed by atoms with Gasteiger partial charge in [-0.15, -0.1) is 11.8 Å². The molecule has 1 aromatic rings. The van der Waals surface area contributed by atoms with E-state index in [0.29, 0.717) is 18.4 Å². The number of likely N-dealkylation sites (tertiary alicyclic amines) is 1. The fraction of sp³-hybridized carbons (Fsp3) is 0.562. The number of rotatable bonds is 5. The molecule has 110 valence electrons. The van der Waals surface area contributed by atoms with E-state index in [1.165, 1.54) is 17.7 Å². The normalized spacial score (nSPS) is 19.1. The fourth-order valence-corrected chi connectivity index (χ4v) is 3.65. The van der Waals surface area contributed by atoms with E-state index in [9.17, 15) is 4.79 Å². The van der Waals surface area contributed by atoms with Gasteiger partial charge in [0.05, 0.1) is 0 Å². The van der Waals surface area contributed by atoms with E-state index in [2.05, 4.69) is 11.8 Å². The Hall–Kier alpha value is -0.670. The second kappa shape index (κ2) is 7.94. The zero-order chi connectivity index (χ0) is 14.4. The summed E-state index contributed by atoms with van der Waals surface area (Å²) in [6.07, 6.45) is 5.31. The van der Waals surface area contributed by atoms with Gasteiger partial charge in [0.2, 0.25) is 5.91 Å². The number of nitrogens with zero attached hydrogens (tertiary/aromatic N) is 1. The summed E-state index contributed by atoms with van der Waals surface area (Å²) in [5, 5.41) is 0.754. The molecule has 1 aliphatic heterocycles. The molecule has 0 spiro atoms. The number of hydrogen-bond acceptors (Lipinski definition) is 2. The summed E-state index contributed by atoms with van der Waals surface area (Å²) >= 11 is 7.58. The fourth-order valence-electron chi connectivity index (χ4n) is 2.68. The Kier molecular flexibility index (Phi) is 6.24. The van der Waals surface area contributed by atoms with Gasteiger partial charge in [0.25, 0.3) is 0 Å². The van der Waals surface area contributed by atoms with Gasteiger partial charge in [-0.1, -0.05) is 18.5 Å². The van der Waals surface area contributed by atoms with Crippen LogP contribution in [-0.2, 0) is 4.79 Å². The highest BCUT2D eigenvalue weighted by molar-refractivity contribution is 7.99. The molecule has 0 saturated carbocycles. The van der Waals surface area contributed by atoms with Crippen LogP contribution in [0, 0.1) is 0 Å². The van der Waals surface area contributed by atoms with Gasteiger partial charge in [0.1, 0.15) is 0 Å². The molecule has 1 saturated heterocycles. The molecule has 0 radical (unpaired) electrons. The van der Waals surface area contributed by atoms with Gasteiger partial charge in [-0.3, -0.25) is 4.79 Å². The maximum atomic E-state index is 12.3. The molecule has 1 heterocycles. The Morgan fingerprint density at radius 2 is 2.10 bits per heavy atom. The van der Waals surface area contributed by atoms with Crippen LogP contribution in [0.25, 0.3) is 0 Å². The van der Waals surface area contributed by atoms with Crippen molar-refractivity contribution in [3.63, 3.8) is 0 Å². The van der Waals surface area contributed by atoms with E-state index in [0.717, 1.165) is 30.2 Å². The lowest BCUT2D eigenvalue weighted by Crippen LogP contribution is -2.43. The molecular formula is C16H22ClNOS. The van der Waals surface area contributed by atoms with Gasteiger partial charge >= 0.3 is 0 Å². The minimum absolute atomic E-state index is 0.318. The Balaban J connectivity index is 1.78. The predicted molar refractivity (Wildman–Crippen MR) is 86.4 cm³/mol. The summed E-state index contributed by atoms with van der Waals surface area (Å²) in [4.78, 5) is 15.6. The van der Waals surface area contributed by atoms with Crippen molar-refractivity contribution in [3.05, 3.63) is 29.3 Å². The van der Waals surface area contributed by atoms with Crippen LogP contribution in [0.1, 0.15) is 39.0 Å². The first-order valence-electron chi connectivity index (χ1n) is 7.38. The molecule has 1 unspecified atom stereocenters. The average molecular weight is 312 g/mol. The van der Waals surface area contributed by atoms with Crippen LogP contribution < -0.4 is 0 Å². The molecule has 4 heteroatoms. The van der Waals surface area contributed by atoms with Gasteiger partial charge in [-0.2, -0.15) is 0 Å². The highest BCUT2D eigenvalue weighted by atomic mass is 35.5. The van der Waals surface area contributed by atoms with Crippen LogP contribution in [0.4, 0.5) is 0 Å². The van der Waals surface area contributed by atoms with Gasteiger partial charge in [-0.25, -0.2) is 0 Å². The molecule has 0 N–H and O–H groups in total. The molecule has 0 aliphatic carbocycles. The minimum atomic E-state index is 0.318. The second-order valence-electron chi connectivity index (χ2n) is 5.20. The van der Waals surface area contributed by atoms with Crippen LogP contribution in [0.5, 0.6) is 0 Å². The second-order valence-corrected chi connectivity index (χ2v) is 6.80. The Bertz CT molecular complexity index is 435. The van der Waals surface area contributed by atoms with E-state index >= 15 is 0 Å². The SMILES string of the molecule is CCC1CCCCN1C(=O)CCSc1ccc(Cl)cc1. The van der Waals surface area contributed by atoms with E-state index in [-0.39, 0.29) is 0 Å². The molecule has 0 bridgehead atoms. The zero-order valence-electron chi connectivity index (χ0n) is 12.0. The van der Waals surface area contributed by atoms with Gasteiger partial charge in [0.15, 0.2) is 0 Å². The molecule has 1 amide bonds. The number of carbonyl (C=O) groups is 1. The van der Waals surface area contributed by atoms with Gasteiger partial charge in [0, 0.05) is 34.7 Å². The lowest BCUT2D eigenvalue weighted by atomic mass is 10.00. The van der Waals surface area contributed by atoms with Crippen molar-refractivity contribution >= 4 is 29.3 Å². The number of halogens is 1. The monoisotopic (exact) mass is 311 g/mol. The Morgan fingerprint density at radius 1 is 1.35 bits per heavy atom. The standard InChI is InChI=1S/C16H22ClNOS/c1-2-14-5-3-4-11-18(14)16(19)10-12-20-15-8-6-13(17)7-9-15/h6-9,14H,2-5,10-12H2,1H3. The first-order valence-corrected chi connectivity index (χ1v) is 8.75. The minimum Gasteiger partial charge on any atom is -0.340 e. The highest BCUT2D eigenvalue weighted by Gasteiger charge is 2.24. The van der Waals surface area contributed by atoms with Crippen molar-refractivity contribution in [1.82, 2.24) is 4.90 Å². The van der Waals surface area contributed by atoms with Gasteiger partial charge in [-0.05, 0) is 49.9 Å². The third kappa shape index (κ3) is 4.42. The molecule has 1 fully saturated rings. The molecule has 1 aliphatic rings. The zero-order valence-corrected chi connectivity index (χ0v) is 13.6. The summed E-state index contributed by atoms with van der Waals surface area (Å²) in [6.45, 7) is 3.13. The summed E-state index contributed by atoms with van der Waals surface area (Å²) in [7, 11) is 0. The lowest BCUT2D eigenvalue weighted by Gasteiger charge is -2.35. The number of benzene rings is 1. The number of hydrogen-bond donors (Lipinski definition) is 0. The van der Waals surface area contributed by atoms with Crippen LogP contribution in [-0.4, -0.2) is 29.1 Å². The van der Waals surface area contributed by atoms with Crippen LogP contribution in [0.2, 0.25) is 5.02 Å². The maximum Gasteiger partial charge on any atom is 0.223 e. The van der Waals surface area contributed by atoms with Crippen molar-refractivity contribution in [1.29, 1.82) is 0 Å². The summed E-state index contributed by atoms with van der Waals surface area (Å²) in [5.41, 5.74) is 0. The molecule has 2 nitrogen and oxygen atoms in total. The summed E-state index contributed by atoms with van der Waals surface area (Å²) in [6, 6.07) is 8.27. The lowest BCUT2D eigenvalue weighted by molar-refractivity contribution is -0.134. The Morgan fingerprint density at radius 3 is 2.80 bits per heavy atom. The average Bonchev–Trinajstić information content (AvgIpc) is 2.49. The van der Waals surface area contributed by atoms with Crippen molar-refractivity contribution < 1.29 is 4.79 Å². The van der Waals surface area contributed by atoms with E-state index in [1.54, 1.807) is 11.8 Å². The molecule has 20 heavy (non-hydrogen) atoms.